The number of methoxy groups -OCH3 is 1. The van der Waals surface area contributed by atoms with Crippen molar-refractivity contribution in [2.45, 2.75) is 0 Å². The molecule has 14 heavy (non-hydrogen) atoms. The number of carbonyl (C=O) groups is 1. The van der Waals surface area contributed by atoms with Gasteiger partial charge in [-0.2, -0.15) is 0 Å². The number of benzene rings is 1. The zero-order valence-electron chi connectivity index (χ0n) is 7.31. The van der Waals surface area contributed by atoms with Crippen molar-refractivity contribution in [2.24, 2.45) is 0 Å². The molecule has 0 aliphatic rings. The average Bonchev–Trinajstić information content (AvgIpc) is 2.18. The summed E-state index contributed by atoms with van der Waals surface area (Å²) in [5, 5.41) is 0.115. The fourth-order valence-electron chi connectivity index (χ4n) is 1.01. The molecular formula is C9H7BrClFO2. The summed E-state index contributed by atoms with van der Waals surface area (Å²) in [5.41, 5.74) is -0.136. The Kier molecular flexibility index (Phi) is 3.89. The van der Waals surface area contributed by atoms with Gasteiger partial charge in [-0.15, -0.1) is 0 Å². The van der Waals surface area contributed by atoms with Gasteiger partial charge in [0.15, 0.2) is 17.3 Å². The third kappa shape index (κ3) is 2.07. The molecule has 0 fully saturated rings. The highest BCUT2D eigenvalue weighted by atomic mass is 79.9. The molecule has 1 aromatic rings. The normalized spacial score (nSPS) is 10.0. The van der Waals surface area contributed by atoms with E-state index < -0.39 is 11.6 Å². The molecule has 0 spiro atoms. The molecule has 76 valence electrons. The lowest BCUT2D eigenvalue weighted by molar-refractivity contribution is 0.101. The topological polar surface area (TPSA) is 26.3 Å². The van der Waals surface area contributed by atoms with Gasteiger partial charge in [0.05, 0.1) is 23.0 Å². The molecule has 0 radical (unpaired) electrons. The summed E-state index contributed by atoms with van der Waals surface area (Å²) < 4.78 is 18.3. The maximum atomic E-state index is 13.5. The predicted molar refractivity (Wildman–Crippen MR) is 56.1 cm³/mol. The SMILES string of the molecule is COc1ccc(Cl)c(C(=O)CBr)c1F. The summed E-state index contributed by atoms with van der Waals surface area (Å²) in [4.78, 5) is 11.3. The van der Waals surface area contributed by atoms with Crippen LogP contribution in [-0.4, -0.2) is 18.2 Å². The van der Waals surface area contributed by atoms with E-state index in [1.807, 2.05) is 0 Å². The number of rotatable bonds is 3. The quantitative estimate of drug-likeness (QED) is 0.629. The minimum absolute atomic E-state index is 0.0127. The lowest BCUT2D eigenvalue weighted by atomic mass is 10.1. The van der Waals surface area contributed by atoms with Gasteiger partial charge in [-0.05, 0) is 12.1 Å². The molecule has 0 saturated heterocycles. The Labute approximate surface area is 94.1 Å². The smallest absolute Gasteiger partial charge is 0.177 e. The highest BCUT2D eigenvalue weighted by molar-refractivity contribution is 9.09. The van der Waals surface area contributed by atoms with Crippen LogP contribution in [0.1, 0.15) is 10.4 Å². The van der Waals surface area contributed by atoms with E-state index in [9.17, 15) is 9.18 Å². The monoisotopic (exact) mass is 280 g/mol. The number of hydrogen-bond acceptors (Lipinski definition) is 2. The van der Waals surface area contributed by atoms with Crippen LogP contribution in [0.15, 0.2) is 12.1 Å². The van der Waals surface area contributed by atoms with Gasteiger partial charge >= 0.3 is 0 Å². The van der Waals surface area contributed by atoms with Gasteiger partial charge in [0.2, 0.25) is 0 Å². The molecule has 0 unspecified atom stereocenters. The predicted octanol–water partition coefficient (Wildman–Crippen LogP) is 3.07. The minimum Gasteiger partial charge on any atom is -0.494 e. The fourth-order valence-corrected chi connectivity index (χ4v) is 1.55. The van der Waals surface area contributed by atoms with Crippen molar-refractivity contribution >= 4 is 33.3 Å². The van der Waals surface area contributed by atoms with E-state index in [0.717, 1.165) is 0 Å². The average molecular weight is 282 g/mol. The molecule has 0 aromatic heterocycles. The Bertz CT molecular complexity index is 368. The molecule has 0 saturated carbocycles. The minimum atomic E-state index is -0.718. The molecule has 0 atom stereocenters. The first kappa shape index (κ1) is 11.5. The molecule has 0 aliphatic heterocycles. The Hall–Kier alpha value is -0.610. The first-order chi connectivity index (χ1) is 6.61. The molecule has 0 bridgehead atoms. The Balaban J connectivity index is 3.32. The van der Waals surface area contributed by atoms with E-state index in [1.54, 1.807) is 0 Å². The van der Waals surface area contributed by atoms with Crippen molar-refractivity contribution in [1.82, 2.24) is 0 Å². The molecule has 1 rings (SSSR count). The number of hydrogen-bond donors (Lipinski definition) is 0. The van der Waals surface area contributed by atoms with Crippen molar-refractivity contribution in [1.29, 1.82) is 0 Å². The van der Waals surface area contributed by atoms with Gasteiger partial charge in [0.25, 0.3) is 0 Å². The van der Waals surface area contributed by atoms with E-state index in [4.69, 9.17) is 16.3 Å². The molecule has 5 heteroatoms. The molecule has 2 nitrogen and oxygen atoms in total. The van der Waals surface area contributed by atoms with Crippen LogP contribution in [0.25, 0.3) is 0 Å². The lowest BCUT2D eigenvalue weighted by Crippen LogP contribution is -2.05. The second-order valence-corrected chi connectivity index (χ2v) is 3.46. The van der Waals surface area contributed by atoms with E-state index in [0.29, 0.717) is 0 Å². The van der Waals surface area contributed by atoms with Gasteiger partial charge in [0.1, 0.15) is 0 Å². The summed E-state index contributed by atoms with van der Waals surface area (Å²) in [7, 11) is 1.33. The molecule has 0 N–H and O–H groups in total. The zero-order valence-corrected chi connectivity index (χ0v) is 9.65. The van der Waals surface area contributed by atoms with Crippen LogP contribution in [-0.2, 0) is 0 Å². The van der Waals surface area contributed by atoms with Crippen LogP contribution in [0.4, 0.5) is 4.39 Å². The molecule has 0 amide bonds. The molecular weight excluding hydrogens is 274 g/mol. The summed E-state index contributed by atoms with van der Waals surface area (Å²) in [6, 6.07) is 2.81. The molecule has 0 heterocycles. The van der Waals surface area contributed by atoms with Gasteiger partial charge in [0, 0.05) is 0 Å². The zero-order chi connectivity index (χ0) is 10.7. The Morgan fingerprint density at radius 2 is 2.29 bits per heavy atom. The van der Waals surface area contributed by atoms with Gasteiger partial charge < -0.3 is 4.74 Å². The second kappa shape index (κ2) is 4.75. The van der Waals surface area contributed by atoms with Crippen molar-refractivity contribution < 1.29 is 13.9 Å². The van der Waals surface area contributed by atoms with Crippen LogP contribution < -0.4 is 4.74 Å². The third-order valence-electron chi connectivity index (χ3n) is 1.68. The highest BCUT2D eigenvalue weighted by Crippen LogP contribution is 2.27. The van der Waals surface area contributed by atoms with Crippen molar-refractivity contribution in [3.05, 3.63) is 28.5 Å². The summed E-state index contributed by atoms with van der Waals surface area (Å²) in [6.07, 6.45) is 0. The van der Waals surface area contributed by atoms with Gasteiger partial charge in [-0.1, -0.05) is 27.5 Å². The van der Waals surface area contributed by atoms with Crippen molar-refractivity contribution in [3.63, 3.8) is 0 Å². The summed E-state index contributed by atoms with van der Waals surface area (Å²) >= 11 is 8.65. The van der Waals surface area contributed by atoms with Crippen LogP contribution in [0.2, 0.25) is 5.02 Å². The second-order valence-electron chi connectivity index (χ2n) is 2.50. The number of halogens is 3. The van der Waals surface area contributed by atoms with Gasteiger partial charge in [-0.3, -0.25) is 4.79 Å². The van der Waals surface area contributed by atoms with Crippen molar-refractivity contribution in [3.8, 4) is 5.75 Å². The van der Waals surface area contributed by atoms with Crippen LogP contribution >= 0.6 is 27.5 Å². The number of ether oxygens (including phenoxy) is 1. The van der Waals surface area contributed by atoms with E-state index in [1.165, 1.54) is 19.2 Å². The van der Waals surface area contributed by atoms with Crippen LogP contribution in [0, 0.1) is 5.82 Å². The summed E-state index contributed by atoms with van der Waals surface area (Å²) in [5.74, 6) is -1.12. The number of ketones is 1. The van der Waals surface area contributed by atoms with Crippen LogP contribution in [0.3, 0.4) is 0 Å². The van der Waals surface area contributed by atoms with E-state index in [2.05, 4.69) is 15.9 Å². The largest absolute Gasteiger partial charge is 0.494 e. The number of alkyl halides is 1. The number of Topliss-reactive ketones (excluding diaryl/α,β-unsaturated/α-hetero) is 1. The Morgan fingerprint density at radius 1 is 1.64 bits per heavy atom. The lowest BCUT2D eigenvalue weighted by Gasteiger charge is -2.07. The molecule has 0 aliphatic carbocycles. The third-order valence-corrected chi connectivity index (χ3v) is 2.50. The number of carbonyl (C=O) groups excluding carboxylic acids is 1. The maximum absolute atomic E-state index is 13.5. The Morgan fingerprint density at radius 3 is 2.79 bits per heavy atom. The fraction of sp³-hybridized carbons (Fsp3) is 0.222. The first-order valence-electron chi connectivity index (χ1n) is 3.73. The highest BCUT2D eigenvalue weighted by Gasteiger charge is 2.18. The van der Waals surface area contributed by atoms with E-state index >= 15 is 0 Å². The summed E-state index contributed by atoms with van der Waals surface area (Å²) in [6.45, 7) is 0. The van der Waals surface area contributed by atoms with Crippen molar-refractivity contribution in [2.75, 3.05) is 12.4 Å². The first-order valence-corrected chi connectivity index (χ1v) is 5.23. The van der Waals surface area contributed by atoms with E-state index in [-0.39, 0.29) is 21.7 Å². The van der Waals surface area contributed by atoms with Gasteiger partial charge in [-0.25, -0.2) is 4.39 Å². The standard InChI is InChI=1S/C9H7BrClFO2/c1-14-7-3-2-5(11)8(9(7)12)6(13)4-10/h2-3H,4H2,1H3. The van der Waals surface area contributed by atoms with Crippen LogP contribution in [0.5, 0.6) is 5.75 Å². The maximum Gasteiger partial charge on any atom is 0.177 e. The molecule has 1 aromatic carbocycles.